The number of carbonyl (C=O) groups is 1. The molecule has 0 unspecified atom stereocenters. The molecule has 6 heteroatoms. The molecule has 0 aliphatic carbocycles. The van der Waals surface area contributed by atoms with Gasteiger partial charge in [0.05, 0.1) is 4.47 Å². The van der Waals surface area contributed by atoms with Crippen molar-refractivity contribution in [2.24, 2.45) is 0 Å². The maximum absolute atomic E-state index is 11.1. The van der Waals surface area contributed by atoms with Gasteiger partial charge in [-0.1, -0.05) is 6.92 Å². The van der Waals surface area contributed by atoms with E-state index in [0.29, 0.717) is 12.5 Å². The molecule has 14 heavy (non-hydrogen) atoms. The Kier molecular flexibility index (Phi) is 4.31. The van der Waals surface area contributed by atoms with Gasteiger partial charge in [0.25, 0.3) is 0 Å². The Labute approximate surface area is 90.5 Å². The first-order valence-electron chi connectivity index (χ1n) is 4.24. The molecule has 76 valence electrons. The van der Waals surface area contributed by atoms with Crippen molar-refractivity contribution in [3.8, 4) is 0 Å². The fraction of sp³-hybridized carbons (Fsp3) is 0.375. The van der Waals surface area contributed by atoms with Gasteiger partial charge in [0, 0.05) is 18.9 Å². The Morgan fingerprint density at radius 3 is 2.71 bits per heavy atom. The molecule has 0 atom stereocenters. The lowest BCUT2D eigenvalue weighted by Gasteiger charge is -2.04. The van der Waals surface area contributed by atoms with Crippen LogP contribution in [-0.4, -0.2) is 22.5 Å². The van der Waals surface area contributed by atoms with Gasteiger partial charge in [-0.15, -0.1) is 0 Å². The highest BCUT2D eigenvalue weighted by Gasteiger charge is 2.01. The summed E-state index contributed by atoms with van der Waals surface area (Å²) in [7, 11) is 0. The molecule has 0 saturated heterocycles. The number of rotatable bonds is 3. The number of hydrogen-bond acceptors (Lipinski definition) is 3. The van der Waals surface area contributed by atoms with Gasteiger partial charge in [0.1, 0.15) is 0 Å². The zero-order valence-electron chi connectivity index (χ0n) is 7.75. The van der Waals surface area contributed by atoms with Gasteiger partial charge in [-0.25, -0.2) is 14.8 Å². The van der Waals surface area contributed by atoms with E-state index in [0.717, 1.165) is 10.9 Å². The van der Waals surface area contributed by atoms with Crippen LogP contribution in [-0.2, 0) is 0 Å². The summed E-state index contributed by atoms with van der Waals surface area (Å²) in [5.74, 6) is 0.293. The molecular formula is C8H11BrN4O. The molecule has 0 aliphatic rings. The van der Waals surface area contributed by atoms with E-state index in [1.807, 2.05) is 6.92 Å². The van der Waals surface area contributed by atoms with Crippen LogP contribution >= 0.6 is 15.9 Å². The van der Waals surface area contributed by atoms with Crippen LogP contribution < -0.4 is 10.6 Å². The summed E-state index contributed by atoms with van der Waals surface area (Å²) >= 11 is 3.20. The third-order valence-electron chi connectivity index (χ3n) is 1.38. The highest BCUT2D eigenvalue weighted by molar-refractivity contribution is 9.10. The number of nitrogens with one attached hydrogen (secondary N) is 2. The van der Waals surface area contributed by atoms with E-state index in [4.69, 9.17) is 0 Å². The summed E-state index contributed by atoms with van der Waals surface area (Å²) in [6.07, 6.45) is 4.04. The van der Waals surface area contributed by atoms with Crippen molar-refractivity contribution >= 4 is 27.9 Å². The van der Waals surface area contributed by atoms with E-state index >= 15 is 0 Å². The minimum atomic E-state index is -0.283. The molecule has 1 aromatic rings. The molecule has 1 aromatic heterocycles. The van der Waals surface area contributed by atoms with Crippen LogP contribution in [0.4, 0.5) is 10.7 Å². The number of anilines is 1. The third-order valence-corrected chi connectivity index (χ3v) is 1.79. The van der Waals surface area contributed by atoms with E-state index in [2.05, 4.69) is 36.5 Å². The zero-order valence-corrected chi connectivity index (χ0v) is 9.34. The van der Waals surface area contributed by atoms with Crippen molar-refractivity contribution in [2.75, 3.05) is 11.9 Å². The largest absolute Gasteiger partial charge is 0.338 e. The Bertz CT molecular complexity index is 301. The van der Waals surface area contributed by atoms with Gasteiger partial charge in [0.15, 0.2) is 0 Å². The molecule has 2 amide bonds. The van der Waals surface area contributed by atoms with Gasteiger partial charge in [-0.2, -0.15) is 0 Å². The van der Waals surface area contributed by atoms with Crippen LogP contribution in [0, 0.1) is 0 Å². The molecule has 1 heterocycles. The molecule has 0 fully saturated rings. The Hall–Kier alpha value is -1.17. The van der Waals surface area contributed by atoms with Crippen molar-refractivity contribution < 1.29 is 4.79 Å². The van der Waals surface area contributed by atoms with E-state index in [9.17, 15) is 4.79 Å². The molecule has 2 N–H and O–H groups in total. The lowest BCUT2D eigenvalue weighted by molar-refractivity contribution is 0.252. The van der Waals surface area contributed by atoms with Gasteiger partial charge < -0.3 is 5.32 Å². The maximum Gasteiger partial charge on any atom is 0.321 e. The highest BCUT2D eigenvalue weighted by atomic mass is 79.9. The number of urea groups is 1. The number of nitrogens with zero attached hydrogens (tertiary/aromatic N) is 2. The van der Waals surface area contributed by atoms with Crippen LogP contribution in [0.15, 0.2) is 16.9 Å². The minimum Gasteiger partial charge on any atom is -0.338 e. The predicted molar refractivity (Wildman–Crippen MR) is 57.0 cm³/mol. The van der Waals surface area contributed by atoms with Crippen LogP contribution in [0.5, 0.6) is 0 Å². The molecule has 5 nitrogen and oxygen atoms in total. The lowest BCUT2D eigenvalue weighted by Crippen LogP contribution is -2.29. The van der Waals surface area contributed by atoms with E-state index in [1.165, 1.54) is 0 Å². The summed E-state index contributed by atoms with van der Waals surface area (Å²) in [4.78, 5) is 18.9. The van der Waals surface area contributed by atoms with E-state index < -0.39 is 0 Å². The van der Waals surface area contributed by atoms with Crippen LogP contribution in [0.3, 0.4) is 0 Å². The molecule has 1 rings (SSSR count). The molecule has 0 radical (unpaired) electrons. The number of amides is 2. The van der Waals surface area contributed by atoms with Gasteiger partial charge >= 0.3 is 6.03 Å². The Balaban J connectivity index is 2.44. The third kappa shape index (κ3) is 3.69. The van der Waals surface area contributed by atoms with Crippen molar-refractivity contribution in [3.05, 3.63) is 16.9 Å². The molecule has 0 spiro atoms. The number of hydrogen-bond donors (Lipinski definition) is 2. The summed E-state index contributed by atoms with van der Waals surface area (Å²) in [6, 6.07) is -0.283. The molecule has 0 bridgehead atoms. The Morgan fingerprint density at radius 2 is 2.14 bits per heavy atom. The number of carbonyl (C=O) groups excluding carboxylic acids is 1. The maximum atomic E-state index is 11.1. The van der Waals surface area contributed by atoms with Crippen molar-refractivity contribution in [3.63, 3.8) is 0 Å². The summed E-state index contributed by atoms with van der Waals surface area (Å²) in [5, 5.41) is 5.16. The molecule has 0 saturated carbocycles. The van der Waals surface area contributed by atoms with Gasteiger partial charge in [-0.05, 0) is 22.4 Å². The molecule has 0 aliphatic heterocycles. The van der Waals surface area contributed by atoms with Gasteiger partial charge in [-0.3, -0.25) is 5.32 Å². The fourth-order valence-corrected chi connectivity index (χ4v) is 0.966. The SMILES string of the molecule is CCCNC(=O)Nc1ncc(Br)cn1. The number of halogens is 1. The standard InChI is InChI=1S/C8H11BrN4O/c1-2-3-10-8(14)13-7-11-4-6(9)5-12-7/h4-5H,2-3H2,1H3,(H2,10,11,12,13,14). The van der Waals surface area contributed by atoms with Crippen molar-refractivity contribution in [1.29, 1.82) is 0 Å². The minimum absolute atomic E-state index is 0.283. The van der Waals surface area contributed by atoms with Crippen LogP contribution in [0.1, 0.15) is 13.3 Å². The van der Waals surface area contributed by atoms with E-state index in [-0.39, 0.29) is 6.03 Å². The molecule has 0 aromatic carbocycles. The second-order valence-electron chi connectivity index (χ2n) is 2.61. The highest BCUT2D eigenvalue weighted by Crippen LogP contribution is 2.06. The summed E-state index contributed by atoms with van der Waals surface area (Å²) in [5.41, 5.74) is 0. The van der Waals surface area contributed by atoms with Crippen LogP contribution in [0.25, 0.3) is 0 Å². The zero-order chi connectivity index (χ0) is 10.4. The smallest absolute Gasteiger partial charge is 0.321 e. The second-order valence-corrected chi connectivity index (χ2v) is 3.52. The normalized spacial score (nSPS) is 9.57. The fourth-order valence-electron chi connectivity index (χ4n) is 0.761. The van der Waals surface area contributed by atoms with Crippen LogP contribution in [0.2, 0.25) is 0 Å². The Morgan fingerprint density at radius 1 is 1.50 bits per heavy atom. The number of aromatic nitrogens is 2. The summed E-state index contributed by atoms with van der Waals surface area (Å²) in [6.45, 7) is 2.62. The van der Waals surface area contributed by atoms with Gasteiger partial charge in [0.2, 0.25) is 5.95 Å². The molecular weight excluding hydrogens is 248 g/mol. The predicted octanol–water partition coefficient (Wildman–Crippen LogP) is 1.77. The average Bonchev–Trinajstić information content (AvgIpc) is 2.18. The first kappa shape index (κ1) is 10.9. The first-order chi connectivity index (χ1) is 6.72. The second kappa shape index (κ2) is 5.54. The first-order valence-corrected chi connectivity index (χ1v) is 5.04. The average molecular weight is 259 g/mol. The van der Waals surface area contributed by atoms with E-state index in [1.54, 1.807) is 12.4 Å². The quantitative estimate of drug-likeness (QED) is 0.869. The van der Waals surface area contributed by atoms with Crippen molar-refractivity contribution in [1.82, 2.24) is 15.3 Å². The lowest BCUT2D eigenvalue weighted by atomic mass is 10.5. The summed E-state index contributed by atoms with van der Waals surface area (Å²) < 4.78 is 0.775. The monoisotopic (exact) mass is 258 g/mol. The van der Waals surface area contributed by atoms with Crippen molar-refractivity contribution in [2.45, 2.75) is 13.3 Å². The topological polar surface area (TPSA) is 66.9 Å².